The molecule has 0 unspecified atom stereocenters. The second kappa shape index (κ2) is 16.1. The van der Waals surface area contributed by atoms with Crippen molar-refractivity contribution in [1.29, 1.82) is 0 Å². The fourth-order valence-electron chi connectivity index (χ4n) is 5.88. The van der Waals surface area contributed by atoms with E-state index in [0.29, 0.717) is 68.8 Å². The number of guanidine groups is 1. The molecular formula is C31H46ClFN8O2. The number of nitrogens with one attached hydrogen (secondary N) is 1. The summed E-state index contributed by atoms with van der Waals surface area (Å²) in [6.45, 7) is 9.17. The zero-order valence-corrected chi connectivity index (χ0v) is 25.9. The molecule has 2 aliphatic heterocycles. The molecule has 0 saturated carbocycles. The Bertz CT molecular complexity index is 1230. The van der Waals surface area contributed by atoms with Crippen molar-refractivity contribution in [1.82, 2.24) is 14.7 Å². The van der Waals surface area contributed by atoms with Crippen molar-refractivity contribution >= 4 is 29.2 Å². The fourth-order valence-corrected chi connectivity index (χ4v) is 6.07. The van der Waals surface area contributed by atoms with Gasteiger partial charge in [-0.2, -0.15) is 0 Å². The third kappa shape index (κ3) is 9.43. The lowest BCUT2D eigenvalue weighted by molar-refractivity contribution is -0.136. The van der Waals surface area contributed by atoms with Gasteiger partial charge in [0, 0.05) is 62.1 Å². The summed E-state index contributed by atoms with van der Waals surface area (Å²) in [6, 6.07) is 10.3. The van der Waals surface area contributed by atoms with Gasteiger partial charge in [0.05, 0.1) is 19.2 Å². The fraction of sp³-hybridized carbons (Fsp3) is 0.548. The molecule has 10 nitrogen and oxygen atoms in total. The van der Waals surface area contributed by atoms with E-state index in [0.717, 1.165) is 50.1 Å². The van der Waals surface area contributed by atoms with Gasteiger partial charge in [0.1, 0.15) is 11.6 Å². The monoisotopic (exact) mass is 616 g/mol. The molecule has 2 fully saturated rings. The number of rotatable bonds is 13. The van der Waals surface area contributed by atoms with Gasteiger partial charge in [-0.25, -0.2) is 4.39 Å². The number of halogens is 2. The molecule has 1 amide bonds. The number of nitrogens with zero attached hydrogens (tertiary/aromatic N) is 4. The molecule has 0 bridgehead atoms. The van der Waals surface area contributed by atoms with Crippen LogP contribution in [0.2, 0.25) is 5.02 Å². The number of carbonyl (C=O) groups is 1. The Kier molecular flexibility index (Phi) is 12.3. The van der Waals surface area contributed by atoms with Crippen LogP contribution in [0.4, 0.5) is 10.1 Å². The first-order chi connectivity index (χ1) is 20.7. The van der Waals surface area contributed by atoms with Gasteiger partial charge in [-0.05, 0) is 81.1 Å². The lowest BCUT2D eigenvalue weighted by Gasteiger charge is -2.39. The van der Waals surface area contributed by atoms with E-state index in [1.165, 1.54) is 6.07 Å². The quantitative estimate of drug-likeness (QED) is 0.153. The Morgan fingerprint density at radius 3 is 2.56 bits per heavy atom. The Morgan fingerprint density at radius 2 is 1.86 bits per heavy atom. The molecule has 236 valence electrons. The van der Waals surface area contributed by atoms with Crippen LogP contribution < -0.4 is 27.3 Å². The van der Waals surface area contributed by atoms with Crippen LogP contribution in [0.3, 0.4) is 0 Å². The second-order valence-corrected chi connectivity index (χ2v) is 11.7. The Balaban J connectivity index is 1.21. The highest BCUT2D eigenvalue weighted by atomic mass is 35.5. The summed E-state index contributed by atoms with van der Waals surface area (Å²) >= 11 is 6.29. The summed E-state index contributed by atoms with van der Waals surface area (Å²) in [5, 5.41) is 4.10. The molecule has 7 N–H and O–H groups in total. The van der Waals surface area contributed by atoms with E-state index < -0.39 is 6.04 Å². The van der Waals surface area contributed by atoms with E-state index in [-0.39, 0.29) is 23.6 Å². The van der Waals surface area contributed by atoms with E-state index in [9.17, 15) is 9.18 Å². The first kappa shape index (κ1) is 32.8. The molecule has 4 rings (SSSR count). The maximum Gasteiger partial charge on any atom is 0.239 e. The highest BCUT2D eigenvalue weighted by Crippen LogP contribution is 2.26. The highest BCUT2D eigenvalue weighted by Gasteiger charge is 2.33. The van der Waals surface area contributed by atoms with Gasteiger partial charge in [0.2, 0.25) is 5.91 Å². The third-order valence-corrected chi connectivity index (χ3v) is 8.59. The number of piperidine rings is 1. The minimum absolute atomic E-state index is 0.0226. The van der Waals surface area contributed by atoms with E-state index in [4.69, 9.17) is 33.5 Å². The van der Waals surface area contributed by atoms with E-state index in [2.05, 4.69) is 20.1 Å². The van der Waals surface area contributed by atoms with Gasteiger partial charge in [-0.15, -0.1) is 0 Å². The van der Waals surface area contributed by atoms with Crippen LogP contribution >= 0.6 is 11.6 Å². The molecule has 12 heteroatoms. The molecule has 0 spiro atoms. The number of aliphatic imine (C=N–C) groups is 1. The van der Waals surface area contributed by atoms with Gasteiger partial charge in [-0.1, -0.05) is 17.7 Å². The van der Waals surface area contributed by atoms with E-state index >= 15 is 0 Å². The number of amides is 1. The Hall–Kier alpha value is -3.12. The van der Waals surface area contributed by atoms with Crippen molar-refractivity contribution in [2.24, 2.45) is 28.1 Å². The maximum absolute atomic E-state index is 14.5. The number of benzene rings is 2. The van der Waals surface area contributed by atoms with Crippen LogP contribution in [0.25, 0.3) is 0 Å². The van der Waals surface area contributed by atoms with Gasteiger partial charge >= 0.3 is 0 Å². The zero-order chi connectivity index (χ0) is 30.8. The van der Waals surface area contributed by atoms with Crippen molar-refractivity contribution in [3.8, 4) is 5.75 Å². The lowest BCUT2D eigenvalue weighted by Crippen LogP contribution is -2.55. The van der Waals surface area contributed by atoms with Crippen LogP contribution in [0.5, 0.6) is 5.75 Å². The first-order valence-corrected chi connectivity index (χ1v) is 15.6. The smallest absolute Gasteiger partial charge is 0.239 e. The van der Waals surface area contributed by atoms with Crippen LogP contribution in [-0.2, 0) is 17.8 Å². The topological polar surface area (TPSA) is 138 Å². The van der Waals surface area contributed by atoms with Crippen LogP contribution in [-0.4, -0.2) is 98.1 Å². The van der Waals surface area contributed by atoms with Gasteiger partial charge in [-0.3, -0.25) is 14.7 Å². The van der Waals surface area contributed by atoms with Crippen LogP contribution in [0, 0.1) is 11.7 Å². The van der Waals surface area contributed by atoms with E-state index in [1.807, 2.05) is 30.0 Å². The Morgan fingerprint density at radius 1 is 1.12 bits per heavy atom. The van der Waals surface area contributed by atoms with Crippen LogP contribution in [0.15, 0.2) is 41.4 Å². The highest BCUT2D eigenvalue weighted by molar-refractivity contribution is 6.30. The number of hydrogen-bond donors (Lipinski definition) is 4. The number of anilines is 1. The molecule has 43 heavy (non-hydrogen) atoms. The van der Waals surface area contributed by atoms with Gasteiger partial charge in [0.25, 0.3) is 0 Å². The van der Waals surface area contributed by atoms with Crippen molar-refractivity contribution in [2.75, 3.05) is 70.8 Å². The predicted molar refractivity (Wildman–Crippen MR) is 171 cm³/mol. The standard InChI is InChI=1S/C31H46ClFN8O2/c1-2-43-28-5-3-4-26(33)25(28)21-40-16-18-41(19-17-40)30(42)29(34)22-8-13-39(14-9-22)15-10-23-20-24(32)6-7-27(23)37-11-12-38-31(35)36/h3-7,20,22,29,37H,2,8-19,21,34H2,1H3,(H4,35,36,38)/t29-/m1/s1. The summed E-state index contributed by atoms with van der Waals surface area (Å²) in [5.41, 5.74) is 20.1. The number of nitrogens with two attached hydrogens (primary N) is 3. The molecular weight excluding hydrogens is 571 g/mol. The summed E-state index contributed by atoms with van der Waals surface area (Å²) < 4.78 is 20.1. The maximum atomic E-state index is 14.5. The van der Waals surface area contributed by atoms with Gasteiger partial charge < -0.3 is 37.1 Å². The molecule has 2 saturated heterocycles. The van der Waals surface area contributed by atoms with E-state index in [1.54, 1.807) is 12.1 Å². The summed E-state index contributed by atoms with van der Waals surface area (Å²) in [5.74, 6) is 0.585. The van der Waals surface area contributed by atoms with Gasteiger partial charge in [0.15, 0.2) is 5.96 Å². The summed E-state index contributed by atoms with van der Waals surface area (Å²) in [7, 11) is 0. The molecule has 0 radical (unpaired) electrons. The zero-order valence-electron chi connectivity index (χ0n) is 25.1. The van der Waals surface area contributed by atoms with Crippen LogP contribution in [0.1, 0.15) is 30.9 Å². The lowest BCUT2D eigenvalue weighted by atomic mass is 9.88. The summed E-state index contributed by atoms with van der Waals surface area (Å²) in [6.07, 6.45) is 2.63. The molecule has 2 aromatic carbocycles. The Labute approximate surface area is 259 Å². The number of piperazine rings is 1. The second-order valence-electron chi connectivity index (χ2n) is 11.2. The van der Waals surface area contributed by atoms with Crippen molar-refractivity contribution in [3.63, 3.8) is 0 Å². The number of carbonyl (C=O) groups excluding carboxylic acids is 1. The summed E-state index contributed by atoms with van der Waals surface area (Å²) in [4.78, 5) is 23.8. The average Bonchev–Trinajstić information content (AvgIpc) is 3.00. The number of hydrogen-bond acceptors (Lipinski definition) is 7. The first-order valence-electron chi connectivity index (χ1n) is 15.2. The number of likely N-dealkylation sites (tertiary alicyclic amines) is 1. The molecule has 0 aromatic heterocycles. The molecule has 0 aliphatic carbocycles. The third-order valence-electron chi connectivity index (χ3n) is 8.35. The average molecular weight is 617 g/mol. The van der Waals surface area contributed by atoms with Crippen molar-refractivity contribution in [2.45, 2.75) is 38.8 Å². The predicted octanol–water partition coefficient (Wildman–Crippen LogP) is 2.49. The SMILES string of the molecule is CCOc1cccc(F)c1CN1CCN(C(=O)[C@H](N)C2CCN(CCc3cc(Cl)ccc3NCCN=C(N)N)CC2)CC1. The molecule has 2 heterocycles. The minimum Gasteiger partial charge on any atom is -0.493 e. The minimum atomic E-state index is -0.501. The number of ether oxygens (including phenoxy) is 1. The molecule has 2 aliphatic rings. The van der Waals surface area contributed by atoms with Crippen molar-refractivity contribution < 1.29 is 13.9 Å². The molecule has 1 atom stereocenters. The molecule has 2 aromatic rings. The van der Waals surface area contributed by atoms with Crippen molar-refractivity contribution in [3.05, 3.63) is 58.4 Å². The normalized spacial score (nSPS) is 17.4. The largest absolute Gasteiger partial charge is 0.493 e.